The van der Waals surface area contributed by atoms with Gasteiger partial charge in [0.15, 0.2) is 5.69 Å². The van der Waals surface area contributed by atoms with Crippen molar-refractivity contribution in [1.29, 1.82) is 0 Å². The van der Waals surface area contributed by atoms with E-state index in [2.05, 4.69) is 20.3 Å². The highest BCUT2D eigenvalue weighted by Gasteiger charge is 2.23. The lowest BCUT2D eigenvalue weighted by atomic mass is 10.1. The van der Waals surface area contributed by atoms with Crippen LogP contribution in [0.15, 0.2) is 76.6 Å². The van der Waals surface area contributed by atoms with E-state index in [9.17, 15) is 9.59 Å². The molecule has 1 N–H and O–H groups in total. The lowest BCUT2D eigenvalue weighted by molar-refractivity contribution is 0.779. The zero-order valence-electron chi connectivity index (χ0n) is 19.7. The molecule has 0 aliphatic rings. The molecule has 0 radical (unpaired) electrons. The third kappa shape index (κ3) is 3.73. The maximum Gasteiger partial charge on any atom is 0.333 e. The van der Waals surface area contributed by atoms with E-state index < -0.39 is 11.2 Å². The highest BCUT2D eigenvalue weighted by molar-refractivity contribution is 6.42. The van der Waals surface area contributed by atoms with Gasteiger partial charge in [0.05, 0.1) is 33.1 Å². The van der Waals surface area contributed by atoms with Crippen LogP contribution in [0.5, 0.6) is 0 Å². The van der Waals surface area contributed by atoms with Crippen molar-refractivity contribution >= 4 is 45.0 Å². The zero-order chi connectivity index (χ0) is 25.8. The highest BCUT2D eigenvalue weighted by Crippen LogP contribution is 2.31. The second kappa shape index (κ2) is 8.69. The fourth-order valence-electron chi connectivity index (χ4n) is 4.42. The molecule has 0 fully saturated rings. The van der Waals surface area contributed by atoms with Crippen molar-refractivity contribution < 1.29 is 0 Å². The molecule has 3 heterocycles. The van der Waals surface area contributed by atoms with E-state index in [-0.39, 0.29) is 16.4 Å². The van der Waals surface area contributed by atoms with Crippen LogP contribution in [0, 0.1) is 13.8 Å². The first kappa shape index (κ1) is 23.1. The van der Waals surface area contributed by atoms with Crippen LogP contribution < -0.4 is 11.2 Å². The molecule has 10 heteroatoms. The van der Waals surface area contributed by atoms with Crippen LogP contribution in [0.25, 0.3) is 44.4 Å². The Morgan fingerprint density at radius 3 is 2.49 bits per heavy atom. The molecule has 3 aromatic heterocycles. The van der Waals surface area contributed by atoms with Gasteiger partial charge in [0.25, 0.3) is 5.56 Å². The molecular formula is C27H18Cl2N6O2. The van der Waals surface area contributed by atoms with E-state index in [0.717, 1.165) is 21.1 Å². The molecule has 0 aliphatic carbocycles. The fourth-order valence-corrected chi connectivity index (χ4v) is 4.72. The summed E-state index contributed by atoms with van der Waals surface area (Å²) in [5.74, 6) is 0. The SMILES string of the molecule is Cc1cc2nnn(-c3c(-c4ccc(Cl)c(Cl)c4)[nH]c(=O)n(-c4cncc5ccccc45)c3=O)c2cc1C. The van der Waals surface area contributed by atoms with Crippen molar-refractivity contribution in [2.24, 2.45) is 0 Å². The number of rotatable bonds is 3. The summed E-state index contributed by atoms with van der Waals surface area (Å²) in [4.78, 5) is 34.9. The van der Waals surface area contributed by atoms with Crippen molar-refractivity contribution in [3.8, 4) is 22.6 Å². The molecule has 0 unspecified atom stereocenters. The summed E-state index contributed by atoms with van der Waals surface area (Å²) in [5, 5.41) is 10.7. The normalized spacial score (nSPS) is 11.5. The number of halogens is 2. The van der Waals surface area contributed by atoms with Gasteiger partial charge in [-0.3, -0.25) is 9.78 Å². The molecule has 182 valence electrons. The Labute approximate surface area is 219 Å². The average molecular weight is 529 g/mol. The van der Waals surface area contributed by atoms with Crippen LogP contribution in [0.4, 0.5) is 0 Å². The predicted molar refractivity (Wildman–Crippen MR) is 145 cm³/mol. The monoisotopic (exact) mass is 528 g/mol. The predicted octanol–water partition coefficient (Wildman–Crippen LogP) is 5.40. The molecule has 0 bridgehead atoms. The Balaban J connectivity index is 1.75. The summed E-state index contributed by atoms with van der Waals surface area (Å²) in [6.45, 7) is 3.95. The molecule has 3 aromatic carbocycles. The Bertz CT molecular complexity index is 1980. The molecule has 0 aliphatic heterocycles. The van der Waals surface area contributed by atoms with Gasteiger partial charge in [-0.2, -0.15) is 0 Å². The first-order chi connectivity index (χ1) is 17.8. The largest absolute Gasteiger partial charge is 0.333 e. The quantitative estimate of drug-likeness (QED) is 0.331. The summed E-state index contributed by atoms with van der Waals surface area (Å²) < 4.78 is 2.52. The van der Waals surface area contributed by atoms with E-state index in [0.29, 0.717) is 32.7 Å². The second-order valence-electron chi connectivity index (χ2n) is 8.73. The maximum absolute atomic E-state index is 14.2. The standard InChI is InChI=1S/C27H18Cl2N6O2/c1-14-9-21-22(10-15(14)2)35(33-32-21)25-24(16-7-8-19(28)20(29)11-16)31-27(37)34(26(25)36)23-13-30-12-17-5-3-4-6-18(17)23/h3-13H,1-2H3,(H,31,37). The summed E-state index contributed by atoms with van der Waals surface area (Å²) >= 11 is 12.4. The van der Waals surface area contributed by atoms with E-state index in [1.54, 1.807) is 24.4 Å². The average Bonchev–Trinajstić information content (AvgIpc) is 3.27. The molecular weight excluding hydrogens is 511 g/mol. The van der Waals surface area contributed by atoms with E-state index >= 15 is 0 Å². The van der Waals surface area contributed by atoms with Crippen molar-refractivity contribution in [3.05, 3.63) is 109 Å². The van der Waals surface area contributed by atoms with E-state index in [4.69, 9.17) is 23.2 Å². The number of hydrogen-bond acceptors (Lipinski definition) is 5. The lowest BCUT2D eigenvalue weighted by Crippen LogP contribution is -2.37. The Morgan fingerprint density at radius 1 is 0.892 bits per heavy atom. The van der Waals surface area contributed by atoms with Gasteiger partial charge in [-0.1, -0.05) is 58.7 Å². The summed E-state index contributed by atoms with van der Waals surface area (Å²) in [7, 11) is 0. The highest BCUT2D eigenvalue weighted by atomic mass is 35.5. The van der Waals surface area contributed by atoms with Gasteiger partial charge >= 0.3 is 5.69 Å². The molecule has 0 saturated heterocycles. The van der Waals surface area contributed by atoms with Gasteiger partial charge in [-0.15, -0.1) is 5.10 Å². The molecule has 0 spiro atoms. The van der Waals surface area contributed by atoms with Gasteiger partial charge in [0.2, 0.25) is 0 Å². The zero-order valence-corrected chi connectivity index (χ0v) is 21.2. The molecule has 0 atom stereocenters. The number of fused-ring (bicyclic) bond motifs is 2. The van der Waals surface area contributed by atoms with Crippen LogP contribution in [0.2, 0.25) is 10.0 Å². The van der Waals surface area contributed by atoms with Crippen molar-refractivity contribution in [1.82, 2.24) is 29.5 Å². The number of nitrogens with zero attached hydrogens (tertiary/aromatic N) is 5. The minimum Gasteiger partial charge on any atom is -0.304 e. The van der Waals surface area contributed by atoms with Gasteiger partial charge in [0.1, 0.15) is 5.52 Å². The number of pyridine rings is 1. The number of aromatic nitrogens is 6. The van der Waals surface area contributed by atoms with Crippen molar-refractivity contribution in [2.75, 3.05) is 0 Å². The third-order valence-corrected chi connectivity index (χ3v) is 7.19. The van der Waals surface area contributed by atoms with E-state index in [1.165, 1.54) is 10.9 Å². The van der Waals surface area contributed by atoms with Gasteiger partial charge < -0.3 is 4.98 Å². The van der Waals surface area contributed by atoms with Gasteiger partial charge in [-0.05, 0) is 49.2 Å². The van der Waals surface area contributed by atoms with Crippen molar-refractivity contribution in [2.45, 2.75) is 13.8 Å². The molecule has 0 saturated carbocycles. The third-order valence-electron chi connectivity index (χ3n) is 6.45. The number of aromatic amines is 1. The second-order valence-corrected chi connectivity index (χ2v) is 9.54. The lowest BCUT2D eigenvalue weighted by Gasteiger charge is -2.14. The van der Waals surface area contributed by atoms with E-state index in [1.807, 2.05) is 50.2 Å². The van der Waals surface area contributed by atoms with Crippen LogP contribution in [0.1, 0.15) is 11.1 Å². The van der Waals surface area contributed by atoms with Crippen LogP contribution >= 0.6 is 23.2 Å². The number of H-pyrrole nitrogens is 1. The molecule has 37 heavy (non-hydrogen) atoms. The summed E-state index contributed by atoms with van der Waals surface area (Å²) in [6, 6.07) is 16.1. The summed E-state index contributed by atoms with van der Waals surface area (Å²) in [5.41, 5.74) is 3.26. The van der Waals surface area contributed by atoms with Crippen LogP contribution in [-0.2, 0) is 0 Å². The minimum atomic E-state index is -0.635. The smallest absolute Gasteiger partial charge is 0.304 e. The maximum atomic E-state index is 14.2. The van der Waals surface area contributed by atoms with Crippen LogP contribution in [0.3, 0.4) is 0 Å². The van der Waals surface area contributed by atoms with Crippen molar-refractivity contribution in [3.63, 3.8) is 0 Å². The van der Waals surface area contributed by atoms with Crippen LogP contribution in [-0.4, -0.2) is 29.5 Å². The molecule has 6 rings (SSSR count). The Hall–Kier alpha value is -4.27. The molecule has 0 amide bonds. The summed E-state index contributed by atoms with van der Waals surface area (Å²) in [6.07, 6.45) is 3.17. The number of aryl methyl sites for hydroxylation is 2. The van der Waals surface area contributed by atoms with Gasteiger partial charge in [-0.25, -0.2) is 14.0 Å². The Kier molecular flexibility index (Phi) is 5.43. The first-order valence-electron chi connectivity index (χ1n) is 11.3. The topological polar surface area (TPSA) is 98.5 Å². The Morgan fingerprint density at radius 2 is 1.68 bits per heavy atom. The number of hydrogen-bond donors (Lipinski definition) is 1. The number of benzene rings is 3. The molecule has 8 nitrogen and oxygen atoms in total. The van der Waals surface area contributed by atoms with Gasteiger partial charge in [0, 0.05) is 22.5 Å². The number of nitrogens with one attached hydrogen (secondary N) is 1. The molecule has 6 aromatic rings. The minimum absolute atomic E-state index is 0.108. The fraction of sp³-hybridized carbons (Fsp3) is 0.0741. The first-order valence-corrected chi connectivity index (χ1v) is 12.1.